The number of hydrogen-bond donors (Lipinski definition) is 0. The molecule has 0 fully saturated rings. The Kier molecular flexibility index (Phi) is 3.20. The van der Waals surface area contributed by atoms with E-state index in [1.807, 2.05) is 31.2 Å². The smallest absolute Gasteiger partial charge is 0.0630 e. The molecule has 0 aromatic heterocycles. The van der Waals surface area contributed by atoms with E-state index in [1.165, 1.54) is 5.01 Å². The normalized spacial score (nSPS) is 9.31. The van der Waals surface area contributed by atoms with Gasteiger partial charge in [0.1, 0.15) is 0 Å². The number of anilines is 1. The molecule has 0 saturated carbocycles. The topological polar surface area (TPSA) is 32.7 Å². The molecule has 13 heavy (non-hydrogen) atoms. The molecule has 3 nitrogen and oxygen atoms in total. The maximum Gasteiger partial charge on any atom is 0.0630 e. The molecule has 0 saturated heterocycles. The summed E-state index contributed by atoms with van der Waals surface area (Å²) < 4.78 is 0. The fourth-order valence-corrected chi connectivity index (χ4v) is 1.03. The van der Waals surface area contributed by atoms with Crippen molar-refractivity contribution < 1.29 is 0 Å². The Morgan fingerprint density at radius 1 is 1.46 bits per heavy atom. The predicted molar refractivity (Wildman–Crippen MR) is 54.5 cm³/mol. The van der Waals surface area contributed by atoms with E-state index in [2.05, 4.69) is 11.9 Å². The summed E-state index contributed by atoms with van der Waals surface area (Å²) >= 11 is 0. The lowest BCUT2D eigenvalue weighted by Gasteiger charge is -2.12. The maximum absolute atomic E-state index is 10.4. The van der Waals surface area contributed by atoms with E-state index in [0.29, 0.717) is 6.54 Å². The molecule has 1 aromatic rings. The van der Waals surface area contributed by atoms with E-state index < -0.39 is 0 Å². The van der Waals surface area contributed by atoms with Crippen LogP contribution in [0.2, 0.25) is 0 Å². The summed E-state index contributed by atoms with van der Waals surface area (Å²) in [5.74, 6) is 0. The van der Waals surface area contributed by atoms with Gasteiger partial charge < -0.3 is 0 Å². The molecule has 3 heteroatoms. The van der Waals surface area contributed by atoms with Crippen molar-refractivity contribution in [2.75, 3.05) is 11.6 Å². The summed E-state index contributed by atoms with van der Waals surface area (Å²) in [5.41, 5.74) is 1.95. The lowest BCUT2D eigenvalue weighted by molar-refractivity contribution is 0.931. The van der Waals surface area contributed by atoms with Gasteiger partial charge in [-0.15, -0.1) is 11.5 Å². The minimum absolute atomic E-state index is 0.437. The van der Waals surface area contributed by atoms with Crippen LogP contribution < -0.4 is 5.01 Å². The van der Waals surface area contributed by atoms with Crippen molar-refractivity contribution in [1.29, 1.82) is 0 Å². The van der Waals surface area contributed by atoms with Gasteiger partial charge in [0.25, 0.3) is 0 Å². The molecule has 0 radical (unpaired) electrons. The summed E-state index contributed by atoms with van der Waals surface area (Å²) in [7, 11) is 0. The van der Waals surface area contributed by atoms with Crippen LogP contribution in [0.3, 0.4) is 0 Å². The summed E-state index contributed by atoms with van der Waals surface area (Å²) in [5, 5.41) is 4.24. The fraction of sp³-hybridized carbons (Fsp3) is 0.200. The highest BCUT2D eigenvalue weighted by Crippen LogP contribution is 2.14. The van der Waals surface area contributed by atoms with E-state index >= 15 is 0 Å². The summed E-state index contributed by atoms with van der Waals surface area (Å²) in [6, 6.07) is 7.60. The molecule has 0 unspecified atom stereocenters. The van der Waals surface area contributed by atoms with Gasteiger partial charge in [-0.2, -0.15) is 0 Å². The maximum atomic E-state index is 10.4. The van der Waals surface area contributed by atoms with Crippen LogP contribution >= 0.6 is 0 Å². The molecule has 0 aliphatic heterocycles. The molecule has 0 aliphatic carbocycles. The molecule has 0 N–H and O–H groups in total. The Morgan fingerprint density at radius 2 is 2.08 bits per heavy atom. The van der Waals surface area contributed by atoms with E-state index in [1.54, 1.807) is 6.08 Å². The van der Waals surface area contributed by atoms with Crippen molar-refractivity contribution >= 4 is 5.69 Å². The first kappa shape index (κ1) is 9.45. The summed E-state index contributed by atoms with van der Waals surface area (Å²) in [6.45, 7) is 5.98. The van der Waals surface area contributed by atoms with Crippen LogP contribution in [0.25, 0.3) is 0 Å². The van der Waals surface area contributed by atoms with E-state index in [0.717, 1.165) is 11.3 Å². The van der Waals surface area contributed by atoms with Gasteiger partial charge in [-0.1, -0.05) is 23.8 Å². The zero-order valence-electron chi connectivity index (χ0n) is 7.60. The Labute approximate surface area is 77.6 Å². The van der Waals surface area contributed by atoms with E-state index in [-0.39, 0.29) is 0 Å². The molecular weight excluding hydrogens is 164 g/mol. The van der Waals surface area contributed by atoms with Crippen LogP contribution in [0.1, 0.15) is 5.56 Å². The average Bonchev–Trinajstić information content (AvgIpc) is 2.16. The lowest BCUT2D eigenvalue weighted by atomic mass is 10.2. The molecule has 1 aromatic carbocycles. The van der Waals surface area contributed by atoms with E-state index in [4.69, 9.17) is 0 Å². The fourth-order valence-electron chi connectivity index (χ4n) is 1.03. The van der Waals surface area contributed by atoms with Gasteiger partial charge in [-0.3, -0.25) is 0 Å². The Balaban J connectivity index is 2.84. The van der Waals surface area contributed by atoms with Crippen molar-refractivity contribution in [3.8, 4) is 0 Å². The quantitative estimate of drug-likeness (QED) is 0.401. The van der Waals surface area contributed by atoms with Crippen LogP contribution in [0.15, 0.2) is 42.2 Å². The van der Waals surface area contributed by atoms with Gasteiger partial charge in [-0.25, -0.2) is 5.01 Å². The molecule has 0 aliphatic rings. The van der Waals surface area contributed by atoms with Crippen molar-refractivity contribution in [2.45, 2.75) is 6.92 Å². The third-order valence-electron chi connectivity index (χ3n) is 1.73. The average molecular weight is 176 g/mol. The number of benzene rings is 1. The van der Waals surface area contributed by atoms with Crippen LogP contribution in [0, 0.1) is 11.8 Å². The first-order chi connectivity index (χ1) is 6.27. The highest BCUT2D eigenvalue weighted by molar-refractivity contribution is 5.46. The van der Waals surface area contributed by atoms with E-state index in [9.17, 15) is 4.91 Å². The number of hydrogen-bond acceptors (Lipinski definition) is 2. The monoisotopic (exact) mass is 176 g/mol. The van der Waals surface area contributed by atoms with Gasteiger partial charge in [0.2, 0.25) is 0 Å². The van der Waals surface area contributed by atoms with Gasteiger partial charge in [-0.05, 0) is 19.1 Å². The predicted octanol–water partition coefficient (Wildman–Crippen LogP) is 2.67. The first-order valence-corrected chi connectivity index (χ1v) is 4.06. The number of aryl methyl sites for hydroxylation is 1. The number of rotatable bonds is 4. The molecular formula is C10H12N2O. The van der Waals surface area contributed by atoms with Gasteiger partial charge >= 0.3 is 0 Å². The molecule has 0 amide bonds. The highest BCUT2D eigenvalue weighted by atomic mass is 16.3. The Morgan fingerprint density at radius 3 is 2.54 bits per heavy atom. The third kappa shape index (κ3) is 2.40. The number of nitrogens with zero attached hydrogens (tertiary/aromatic N) is 2. The first-order valence-electron chi connectivity index (χ1n) is 4.06. The molecule has 0 atom stereocenters. The van der Waals surface area contributed by atoms with Crippen molar-refractivity contribution in [3.63, 3.8) is 0 Å². The Hall–Kier alpha value is -1.64. The second kappa shape index (κ2) is 4.40. The second-order valence-electron chi connectivity index (χ2n) is 2.79. The van der Waals surface area contributed by atoms with Crippen molar-refractivity contribution in [1.82, 2.24) is 0 Å². The van der Waals surface area contributed by atoms with Gasteiger partial charge in [0.05, 0.1) is 17.5 Å². The van der Waals surface area contributed by atoms with Crippen LogP contribution in [-0.4, -0.2) is 6.54 Å². The molecule has 0 spiro atoms. The zero-order chi connectivity index (χ0) is 9.68. The zero-order valence-corrected chi connectivity index (χ0v) is 7.60. The second-order valence-corrected chi connectivity index (χ2v) is 2.79. The molecule has 1 rings (SSSR count). The molecule has 0 heterocycles. The minimum Gasteiger partial charge on any atom is -0.226 e. The largest absolute Gasteiger partial charge is 0.226 e. The SMILES string of the molecule is C=CCN(N=O)c1ccc(C)cc1. The minimum atomic E-state index is 0.437. The van der Waals surface area contributed by atoms with Crippen LogP contribution in [0.5, 0.6) is 0 Å². The standard InChI is InChI=1S/C10H12N2O/c1-3-8-12(11-13)10-6-4-9(2)5-7-10/h3-7H,1,8H2,2H3. The van der Waals surface area contributed by atoms with Gasteiger partial charge in [0.15, 0.2) is 0 Å². The summed E-state index contributed by atoms with van der Waals surface area (Å²) in [4.78, 5) is 10.4. The molecule has 0 bridgehead atoms. The summed E-state index contributed by atoms with van der Waals surface area (Å²) in [6.07, 6.45) is 1.64. The Bertz CT molecular complexity index is 292. The highest BCUT2D eigenvalue weighted by Gasteiger charge is 2.02. The van der Waals surface area contributed by atoms with Crippen LogP contribution in [0.4, 0.5) is 5.69 Å². The number of nitroso groups, excluding NO2 is 1. The van der Waals surface area contributed by atoms with Crippen molar-refractivity contribution in [3.05, 3.63) is 47.4 Å². The third-order valence-corrected chi connectivity index (χ3v) is 1.73. The lowest BCUT2D eigenvalue weighted by Crippen LogP contribution is -2.14. The van der Waals surface area contributed by atoms with Gasteiger partial charge in [0, 0.05) is 0 Å². The molecule has 68 valence electrons. The van der Waals surface area contributed by atoms with Crippen LogP contribution in [-0.2, 0) is 0 Å². The van der Waals surface area contributed by atoms with Crippen molar-refractivity contribution in [2.24, 2.45) is 5.29 Å².